The summed E-state index contributed by atoms with van der Waals surface area (Å²) in [6.07, 6.45) is 2.53. The molecule has 0 unspecified atom stereocenters. The molecule has 1 fully saturated rings. The molecule has 3 aromatic rings. The van der Waals surface area contributed by atoms with Crippen LogP contribution in [0.4, 0.5) is 5.13 Å². The molecule has 0 saturated carbocycles. The van der Waals surface area contributed by atoms with Crippen LogP contribution >= 0.6 is 11.3 Å². The summed E-state index contributed by atoms with van der Waals surface area (Å²) >= 11 is 1.45. The lowest BCUT2D eigenvalue weighted by Gasteiger charge is -2.14. The van der Waals surface area contributed by atoms with Gasteiger partial charge in [-0.2, -0.15) is 0 Å². The third-order valence-electron chi connectivity index (χ3n) is 4.61. The van der Waals surface area contributed by atoms with Crippen molar-refractivity contribution >= 4 is 32.6 Å². The third-order valence-corrected chi connectivity index (χ3v) is 5.54. The van der Waals surface area contributed by atoms with Gasteiger partial charge in [0.2, 0.25) is 0 Å². The number of likely N-dealkylation sites (tertiary alicyclic amines) is 1. The Morgan fingerprint density at radius 3 is 2.88 bits per heavy atom. The number of nitrogens with zero attached hydrogens (tertiary/aromatic N) is 2. The van der Waals surface area contributed by atoms with Crippen LogP contribution in [0.3, 0.4) is 0 Å². The molecule has 0 atom stereocenters. The van der Waals surface area contributed by atoms with Crippen LogP contribution in [0.5, 0.6) is 5.75 Å². The monoisotopic (exact) mass is 367 g/mol. The number of hydrogen-bond acceptors (Lipinski definition) is 5. The molecule has 1 saturated heterocycles. The van der Waals surface area contributed by atoms with Gasteiger partial charge in [-0.25, -0.2) is 4.98 Å². The highest BCUT2D eigenvalue weighted by Crippen LogP contribution is 2.29. The van der Waals surface area contributed by atoms with Crippen LogP contribution in [0.25, 0.3) is 10.2 Å². The van der Waals surface area contributed by atoms with E-state index in [2.05, 4.69) is 21.3 Å². The number of nitrogens with one attached hydrogen (secondary N) is 1. The Hall–Kier alpha value is -2.44. The van der Waals surface area contributed by atoms with Crippen molar-refractivity contribution in [1.29, 1.82) is 0 Å². The van der Waals surface area contributed by atoms with Crippen LogP contribution in [0.1, 0.15) is 28.8 Å². The van der Waals surface area contributed by atoms with Crippen molar-refractivity contribution in [2.75, 3.05) is 25.5 Å². The van der Waals surface area contributed by atoms with Gasteiger partial charge < -0.3 is 4.74 Å². The molecule has 4 rings (SSSR count). The number of methoxy groups -OCH3 is 1. The fourth-order valence-electron chi connectivity index (χ4n) is 3.26. The second-order valence-electron chi connectivity index (χ2n) is 6.49. The summed E-state index contributed by atoms with van der Waals surface area (Å²) in [6.45, 7) is 3.19. The molecule has 1 aromatic heterocycles. The Labute approximate surface area is 156 Å². The number of hydrogen-bond donors (Lipinski definition) is 1. The lowest BCUT2D eigenvalue weighted by molar-refractivity contribution is 0.102. The van der Waals surface area contributed by atoms with E-state index in [4.69, 9.17) is 4.74 Å². The van der Waals surface area contributed by atoms with E-state index in [1.807, 2.05) is 36.4 Å². The van der Waals surface area contributed by atoms with Crippen LogP contribution in [0, 0.1) is 0 Å². The normalized spacial score (nSPS) is 14.7. The van der Waals surface area contributed by atoms with Crippen molar-refractivity contribution in [2.45, 2.75) is 19.4 Å². The van der Waals surface area contributed by atoms with Gasteiger partial charge in [0, 0.05) is 12.1 Å². The molecule has 0 aliphatic carbocycles. The van der Waals surface area contributed by atoms with E-state index < -0.39 is 0 Å². The maximum absolute atomic E-state index is 12.6. The first kappa shape index (κ1) is 17.0. The maximum Gasteiger partial charge on any atom is 0.257 e. The molecule has 26 heavy (non-hydrogen) atoms. The third kappa shape index (κ3) is 3.71. The Bertz CT molecular complexity index is 932. The predicted molar refractivity (Wildman–Crippen MR) is 105 cm³/mol. The Kier molecular flexibility index (Phi) is 4.86. The molecule has 0 spiro atoms. The second kappa shape index (κ2) is 7.43. The van der Waals surface area contributed by atoms with Crippen LogP contribution in [-0.4, -0.2) is 36.0 Å². The van der Waals surface area contributed by atoms with Crippen molar-refractivity contribution in [3.63, 3.8) is 0 Å². The van der Waals surface area contributed by atoms with Crippen LogP contribution < -0.4 is 10.1 Å². The fraction of sp³-hybridized carbons (Fsp3) is 0.300. The number of aromatic nitrogens is 1. The number of rotatable bonds is 5. The van der Waals surface area contributed by atoms with E-state index in [0.717, 1.165) is 35.6 Å². The number of ether oxygens (including phenoxy) is 1. The van der Waals surface area contributed by atoms with Gasteiger partial charge in [0.05, 0.1) is 17.3 Å². The van der Waals surface area contributed by atoms with Crippen molar-refractivity contribution in [3.05, 3.63) is 53.6 Å². The van der Waals surface area contributed by atoms with Gasteiger partial charge in [0.15, 0.2) is 5.13 Å². The highest BCUT2D eigenvalue weighted by molar-refractivity contribution is 7.22. The minimum atomic E-state index is -0.126. The van der Waals surface area contributed by atoms with E-state index in [9.17, 15) is 4.79 Å². The molecule has 0 radical (unpaired) electrons. The average Bonchev–Trinajstić information content (AvgIpc) is 3.30. The largest absolute Gasteiger partial charge is 0.497 e. The zero-order chi connectivity index (χ0) is 17.9. The van der Waals surface area contributed by atoms with E-state index in [1.54, 1.807) is 7.11 Å². The molecule has 1 aliphatic heterocycles. The first-order valence-electron chi connectivity index (χ1n) is 8.78. The second-order valence-corrected chi connectivity index (χ2v) is 7.52. The first-order valence-corrected chi connectivity index (χ1v) is 9.60. The molecule has 0 bridgehead atoms. The number of thiazole rings is 1. The predicted octanol–water partition coefficient (Wildman–Crippen LogP) is 4.15. The zero-order valence-electron chi connectivity index (χ0n) is 14.7. The van der Waals surface area contributed by atoms with Crippen LogP contribution in [-0.2, 0) is 6.54 Å². The molecule has 2 heterocycles. The van der Waals surface area contributed by atoms with Gasteiger partial charge in [-0.15, -0.1) is 0 Å². The molecular formula is C20H21N3O2S. The first-order chi connectivity index (χ1) is 12.7. The van der Waals surface area contributed by atoms with Crippen LogP contribution in [0.15, 0.2) is 42.5 Å². The number of amides is 1. The van der Waals surface area contributed by atoms with E-state index in [1.165, 1.54) is 29.7 Å². The number of carbonyl (C=O) groups is 1. The van der Waals surface area contributed by atoms with Crippen molar-refractivity contribution < 1.29 is 9.53 Å². The standard InChI is InChI=1S/C20H21N3O2S/c1-25-16-7-8-17-18(12-16)26-20(21-17)22-19(24)15-6-4-5-14(11-15)13-23-9-2-3-10-23/h4-8,11-12H,2-3,9-10,13H2,1H3,(H,21,22,24). The molecule has 1 amide bonds. The fourth-order valence-corrected chi connectivity index (χ4v) is 4.15. The van der Waals surface area contributed by atoms with E-state index in [0.29, 0.717) is 10.7 Å². The summed E-state index contributed by atoms with van der Waals surface area (Å²) in [6, 6.07) is 13.6. The lowest BCUT2D eigenvalue weighted by atomic mass is 10.1. The molecule has 5 nitrogen and oxygen atoms in total. The summed E-state index contributed by atoms with van der Waals surface area (Å²) in [4.78, 5) is 19.5. The molecular weight excluding hydrogens is 346 g/mol. The highest BCUT2D eigenvalue weighted by atomic mass is 32.1. The number of benzene rings is 2. The SMILES string of the molecule is COc1ccc2nc(NC(=O)c3cccc(CN4CCCC4)c3)sc2c1. The summed E-state index contributed by atoms with van der Waals surface area (Å²) in [5, 5.41) is 3.52. The van der Waals surface area contributed by atoms with Gasteiger partial charge >= 0.3 is 0 Å². The minimum absolute atomic E-state index is 0.126. The Morgan fingerprint density at radius 2 is 2.08 bits per heavy atom. The summed E-state index contributed by atoms with van der Waals surface area (Å²) in [5.74, 6) is 0.660. The van der Waals surface area contributed by atoms with Gasteiger partial charge in [-0.05, 0) is 61.8 Å². The van der Waals surface area contributed by atoms with Gasteiger partial charge in [0.1, 0.15) is 5.75 Å². The maximum atomic E-state index is 12.6. The van der Waals surface area contributed by atoms with E-state index >= 15 is 0 Å². The van der Waals surface area contributed by atoms with E-state index in [-0.39, 0.29) is 5.91 Å². The number of fused-ring (bicyclic) bond motifs is 1. The summed E-state index contributed by atoms with van der Waals surface area (Å²) in [5.41, 5.74) is 2.70. The minimum Gasteiger partial charge on any atom is -0.497 e. The highest BCUT2D eigenvalue weighted by Gasteiger charge is 2.14. The van der Waals surface area contributed by atoms with Crippen molar-refractivity contribution in [2.24, 2.45) is 0 Å². The molecule has 1 N–H and O–H groups in total. The van der Waals surface area contributed by atoms with Gasteiger partial charge in [-0.1, -0.05) is 23.5 Å². The zero-order valence-corrected chi connectivity index (χ0v) is 15.5. The summed E-state index contributed by atoms with van der Waals surface area (Å²) < 4.78 is 6.23. The van der Waals surface area contributed by atoms with Crippen LogP contribution in [0.2, 0.25) is 0 Å². The van der Waals surface area contributed by atoms with Crippen molar-refractivity contribution in [1.82, 2.24) is 9.88 Å². The summed E-state index contributed by atoms with van der Waals surface area (Å²) in [7, 11) is 1.64. The Morgan fingerprint density at radius 1 is 1.23 bits per heavy atom. The smallest absolute Gasteiger partial charge is 0.257 e. The molecule has 1 aliphatic rings. The average molecular weight is 367 g/mol. The topological polar surface area (TPSA) is 54.5 Å². The number of anilines is 1. The quantitative estimate of drug-likeness (QED) is 0.736. The molecule has 134 valence electrons. The van der Waals surface area contributed by atoms with Crippen molar-refractivity contribution in [3.8, 4) is 5.75 Å². The molecule has 2 aromatic carbocycles. The molecule has 6 heteroatoms. The van der Waals surface area contributed by atoms with Gasteiger partial charge in [0.25, 0.3) is 5.91 Å². The lowest BCUT2D eigenvalue weighted by Crippen LogP contribution is -2.19. The van der Waals surface area contributed by atoms with Gasteiger partial charge in [-0.3, -0.25) is 15.0 Å². The Balaban J connectivity index is 1.49. The number of carbonyl (C=O) groups excluding carboxylic acids is 1.